The Hall–Kier alpha value is -2.17. The van der Waals surface area contributed by atoms with E-state index in [9.17, 15) is 9.18 Å². The van der Waals surface area contributed by atoms with E-state index in [1.807, 2.05) is 39.8 Å². The molecular formula is C22H29FN2O2. The average molecular weight is 372 g/mol. The van der Waals surface area contributed by atoms with Crippen LogP contribution in [0.15, 0.2) is 28.8 Å². The van der Waals surface area contributed by atoms with Gasteiger partial charge in [0.25, 0.3) is 0 Å². The molecule has 0 spiro atoms. The van der Waals surface area contributed by atoms with Crippen molar-refractivity contribution in [1.29, 1.82) is 0 Å². The third-order valence-electron chi connectivity index (χ3n) is 5.17. The monoisotopic (exact) mass is 372 g/mol. The van der Waals surface area contributed by atoms with Crippen molar-refractivity contribution in [1.82, 2.24) is 4.90 Å². The SMILES string of the molecule is Cc1cc(C2=NC3CCCN(C(=O)OC(C)(C)C)C(C)C3=C2)cc(C)c1F. The summed E-state index contributed by atoms with van der Waals surface area (Å²) < 4.78 is 19.6. The van der Waals surface area contributed by atoms with Gasteiger partial charge in [-0.05, 0) is 89.3 Å². The molecule has 0 aliphatic carbocycles. The van der Waals surface area contributed by atoms with Crippen molar-refractivity contribution >= 4 is 11.8 Å². The van der Waals surface area contributed by atoms with Crippen LogP contribution in [0, 0.1) is 19.7 Å². The maximum absolute atomic E-state index is 14.0. The molecule has 146 valence electrons. The first-order valence-electron chi connectivity index (χ1n) is 9.63. The molecule has 5 heteroatoms. The molecule has 4 nitrogen and oxygen atoms in total. The van der Waals surface area contributed by atoms with E-state index in [-0.39, 0.29) is 24.0 Å². The van der Waals surface area contributed by atoms with E-state index in [2.05, 4.69) is 6.08 Å². The normalized spacial score (nSPS) is 22.7. The van der Waals surface area contributed by atoms with Gasteiger partial charge >= 0.3 is 6.09 Å². The molecule has 2 aliphatic rings. The lowest BCUT2D eigenvalue weighted by molar-refractivity contribution is 0.0210. The molecule has 1 aromatic rings. The highest BCUT2D eigenvalue weighted by atomic mass is 19.1. The fourth-order valence-corrected chi connectivity index (χ4v) is 3.81. The molecule has 0 aromatic heterocycles. The zero-order chi connectivity index (χ0) is 19.9. The summed E-state index contributed by atoms with van der Waals surface area (Å²) in [5.41, 5.74) is 3.68. The number of likely N-dealkylation sites (tertiary alicyclic amines) is 1. The Morgan fingerprint density at radius 2 is 1.89 bits per heavy atom. The maximum atomic E-state index is 14.0. The van der Waals surface area contributed by atoms with Crippen LogP contribution in [0.4, 0.5) is 9.18 Å². The summed E-state index contributed by atoms with van der Waals surface area (Å²) in [6.45, 7) is 11.9. The summed E-state index contributed by atoms with van der Waals surface area (Å²) in [6, 6.07) is 3.70. The van der Waals surface area contributed by atoms with Crippen molar-refractivity contribution in [2.75, 3.05) is 6.54 Å². The van der Waals surface area contributed by atoms with E-state index in [4.69, 9.17) is 9.73 Å². The molecule has 1 amide bonds. The topological polar surface area (TPSA) is 41.9 Å². The summed E-state index contributed by atoms with van der Waals surface area (Å²) in [5.74, 6) is -0.163. The highest BCUT2D eigenvalue weighted by molar-refractivity contribution is 6.11. The predicted molar refractivity (Wildman–Crippen MR) is 106 cm³/mol. The number of hydrogen-bond donors (Lipinski definition) is 0. The van der Waals surface area contributed by atoms with Gasteiger partial charge in [0.1, 0.15) is 11.4 Å². The number of carbonyl (C=O) groups is 1. The van der Waals surface area contributed by atoms with Gasteiger partial charge < -0.3 is 9.64 Å². The van der Waals surface area contributed by atoms with Crippen molar-refractivity contribution in [2.24, 2.45) is 4.99 Å². The second kappa shape index (κ2) is 7.10. The van der Waals surface area contributed by atoms with Gasteiger partial charge in [-0.3, -0.25) is 4.99 Å². The summed E-state index contributed by atoms with van der Waals surface area (Å²) in [4.78, 5) is 19.3. The second-order valence-corrected chi connectivity index (χ2v) is 8.59. The minimum atomic E-state index is -0.516. The number of nitrogens with zero attached hydrogens (tertiary/aromatic N) is 2. The molecule has 1 aromatic carbocycles. The first-order valence-corrected chi connectivity index (χ1v) is 9.63. The number of benzene rings is 1. The Morgan fingerprint density at radius 3 is 2.48 bits per heavy atom. The number of ether oxygens (including phenoxy) is 1. The number of amides is 1. The van der Waals surface area contributed by atoms with Crippen LogP contribution in [0.3, 0.4) is 0 Å². The van der Waals surface area contributed by atoms with Gasteiger partial charge in [-0.25, -0.2) is 9.18 Å². The smallest absolute Gasteiger partial charge is 0.410 e. The molecule has 0 bridgehead atoms. The Morgan fingerprint density at radius 1 is 1.26 bits per heavy atom. The molecule has 2 aliphatic heterocycles. The van der Waals surface area contributed by atoms with Gasteiger partial charge in [-0.2, -0.15) is 0 Å². The standard InChI is InChI=1S/C22H29FN2O2/c1-13-10-16(11-14(2)20(13)23)19-12-17-15(3)25(9-7-8-18(17)24-19)21(26)27-22(4,5)6/h10-12,15,18H,7-9H2,1-6H3. The lowest BCUT2D eigenvalue weighted by Gasteiger charge is -2.31. The molecule has 27 heavy (non-hydrogen) atoms. The lowest BCUT2D eigenvalue weighted by atomic mass is 9.98. The number of halogens is 1. The Kier molecular flexibility index (Phi) is 5.15. The third-order valence-corrected chi connectivity index (χ3v) is 5.17. The Balaban J connectivity index is 1.88. The second-order valence-electron chi connectivity index (χ2n) is 8.59. The van der Waals surface area contributed by atoms with Crippen LogP contribution in [0.2, 0.25) is 0 Å². The maximum Gasteiger partial charge on any atom is 0.410 e. The number of hydrogen-bond acceptors (Lipinski definition) is 3. The molecule has 0 saturated carbocycles. The van der Waals surface area contributed by atoms with Gasteiger partial charge in [0.15, 0.2) is 0 Å². The van der Waals surface area contributed by atoms with E-state index in [0.717, 1.165) is 29.7 Å². The van der Waals surface area contributed by atoms with Crippen molar-refractivity contribution in [3.05, 3.63) is 46.3 Å². The van der Waals surface area contributed by atoms with Crippen molar-refractivity contribution in [3.8, 4) is 0 Å². The molecule has 2 heterocycles. The van der Waals surface area contributed by atoms with Crippen LogP contribution >= 0.6 is 0 Å². The molecule has 1 saturated heterocycles. The van der Waals surface area contributed by atoms with Crippen LogP contribution in [0.5, 0.6) is 0 Å². The number of aryl methyl sites for hydroxylation is 2. The van der Waals surface area contributed by atoms with Crippen molar-refractivity contribution < 1.29 is 13.9 Å². The van der Waals surface area contributed by atoms with E-state index in [0.29, 0.717) is 17.7 Å². The highest BCUT2D eigenvalue weighted by Crippen LogP contribution is 2.32. The minimum absolute atomic E-state index is 0.0729. The number of carbonyl (C=O) groups excluding carboxylic acids is 1. The average Bonchev–Trinajstić information content (AvgIpc) is 2.91. The first kappa shape index (κ1) is 19.6. The fourth-order valence-electron chi connectivity index (χ4n) is 3.81. The van der Waals surface area contributed by atoms with Crippen LogP contribution in [0.1, 0.15) is 57.2 Å². The van der Waals surface area contributed by atoms with Gasteiger partial charge in [0.05, 0.1) is 17.8 Å². The van der Waals surface area contributed by atoms with Gasteiger partial charge in [-0.1, -0.05) is 0 Å². The van der Waals surface area contributed by atoms with E-state index in [1.165, 1.54) is 0 Å². The highest BCUT2D eigenvalue weighted by Gasteiger charge is 2.35. The quantitative estimate of drug-likeness (QED) is 0.699. The molecule has 2 atom stereocenters. The van der Waals surface area contributed by atoms with Crippen LogP contribution in [0.25, 0.3) is 0 Å². The number of allylic oxidation sites excluding steroid dienone is 1. The van der Waals surface area contributed by atoms with E-state index >= 15 is 0 Å². The zero-order valence-electron chi connectivity index (χ0n) is 17.1. The van der Waals surface area contributed by atoms with E-state index < -0.39 is 5.60 Å². The van der Waals surface area contributed by atoms with Gasteiger partial charge in [0.2, 0.25) is 0 Å². The minimum Gasteiger partial charge on any atom is -0.444 e. The van der Waals surface area contributed by atoms with Crippen LogP contribution in [-0.2, 0) is 4.74 Å². The molecular weight excluding hydrogens is 343 g/mol. The van der Waals surface area contributed by atoms with Crippen LogP contribution < -0.4 is 0 Å². The zero-order valence-corrected chi connectivity index (χ0v) is 17.1. The fraction of sp³-hybridized carbons (Fsp3) is 0.545. The number of rotatable bonds is 1. The number of fused-ring (bicyclic) bond motifs is 1. The summed E-state index contributed by atoms with van der Waals surface area (Å²) in [5, 5.41) is 0. The molecule has 0 radical (unpaired) electrons. The Bertz CT molecular complexity index is 797. The predicted octanol–water partition coefficient (Wildman–Crippen LogP) is 4.96. The van der Waals surface area contributed by atoms with Crippen molar-refractivity contribution in [3.63, 3.8) is 0 Å². The van der Waals surface area contributed by atoms with Gasteiger partial charge in [0, 0.05) is 12.1 Å². The summed E-state index contributed by atoms with van der Waals surface area (Å²) in [7, 11) is 0. The molecule has 0 N–H and O–H groups in total. The molecule has 3 rings (SSSR count). The summed E-state index contributed by atoms with van der Waals surface area (Å²) in [6.07, 6.45) is 3.57. The first-order chi connectivity index (χ1) is 12.6. The van der Waals surface area contributed by atoms with Gasteiger partial charge in [-0.15, -0.1) is 0 Å². The molecule has 2 unspecified atom stereocenters. The molecule has 1 fully saturated rings. The van der Waals surface area contributed by atoms with Crippen LogP contribution in [-0.4, -0.2) is 40.9 Å². The number of aliphatic imine (C=N–C) groups is 1. The third kappa shape index (κ3) is 4.07. The largest absolute Gasteiger partial charge is 0.444 e. The summed E-state index contributed by atoms with van der Waals surface area (Å²) >= 11 is 0. The lowest BCUT2D eigenvalue weighted by Crippen LogP contribution is -2.43. The van der Waals surface area contributed by atoms with E-state index in [1.54, 1.807) is 18.7 Å². The van der Waals surface area contributed by atoms with Crippen molar-refractivity contribution in [2.45, 2.75) is 72.1 Å². The Labute approximate surface area is 161 Å².